The summed E-state index contributed by atoms with van der Waals surface area (Å²) in [6.45, 7) is 4.12. The molecule has 0 bridgehead atoms. The van der Waals surface area contributed by atoms with Gasteiger partial charge < -0.3 is 15.1 Å². The molecule has 1 fully saturated rings. The van der Waals surface area contributed by atoms with Crippen LogP contribution in [0.5, 0.6) is 0 Å². The number of benzene rings is 2. The maximum absolute atomic E-state index is 12.9. The first-order chi connectivity index (χ1) is 15.6. The van der Waals surface area contributed by atoms with Gasteiger partial charge in [0.05, 0.1) is 6.20 Å². The molecule has 8 heteroatoms. The number of hydrogen-bond donors (Lipinski definition) is 1. The first-order valence-electron chi connectivity index (χ1n) is 10.5. The molecule has 1 aliphatic rings. The predicted molar refractivity (Wildman–Crippen MR) is 128 cm³/mol. The number of likely N-dealkylation sites (N-methyl/N-ethyl adjacent to an activating group) is 1. The third kappa shape index (κ3) is 4.17. The molecule has 0 radical (unpaired) electrons. The van der Waals surface area contributed by atoms with Gasteiger partial charge in [-0.2, -0.15) is 5.10 Å². The van der Waals surface area contributed by atoms with Gasteiger partial charge in [-0.1, -0.05) is 23.7 Å². The minimum atomic E-state index is -0.266. The molecule has 0 aliphatic carbocycles. The molecule has 2 aromatic carbocycles. The lowest BCUT2D eigenvalue weighted by atomic mass is 10.1. The number of carbonyl (C=O) groups is 1. The largest absolute Gasteiger partial charge is 0.369 e. The molecule has 1 N–H and O–H groups in total. The number of fused-ring (bicyclic) bond motifs is 1. The van der Waals surface area contributed by atoms with Gasteiger partial charge in [0, 0.05) is 54.3 Å². The Balaban J connectivity index is 1.34. The van der Waals surface area contributed by atoms with Crippen LogP contribution in [-0.4, -0.2) is 58.6 Å². The number of nitrogens with one attached hydrogen (secondary N) is 1. The molecule has 7 nitrogen and oxygen atoms in total. The molecular formula is C24H23ClN6O. The van der Waals surface area contributed by atoms with Crippen molar-refractivity contribution in [2.45, 2.75) is 0 Å². The molecule has 1 saturated heterocycles. The quantitative estimate of drug-likeness (QED) is 0.512. The van der Waals surface area contributed by atoms with Crippen LogP contribution in [0.3, 0.4) is 0 Å². The van der Waals surface area contributed by atoms with Crippen LogP contribution in [0.25, 0.3) is 16.8 Å². The molecule has 0 unspecified atom stereocenters. The minimum absolute atomic E-state index is 0.266. The molecule has 1 amide bonds. The van der Waals surface area contributed by atoms with Gasteiger partial charge in [-0.15, -0.1) is 0 Å². The zero-order chi connectivity index (χ0) is 22.1. The van der Waals surface area contributed by atoms with E-state index in [1.54, 1.807) is 23.0 Å². The number of nitrogens with zero attached hydrogens (tertiary/aromatic N) is 5. The van der Waals surface area contributed by atoms with Crippen LogP contribution in [0.4, 0.5) is 11.4 Å². The standard InChI is InChI=1S/C24H23ClN6O/c1-29-11-13-30(14-12-29)20-7-5-19(6-8-20)27-24(32)22-9-10-31-23(28-22)21(16-26-31)17-3-2-4-18(25)15-17/h2-10,15-16H,11-14H2,1H3,(H,27,32). The number of rotatable bonds is 4. The molecule has 2 aromatic heterocycles. The maximum atomic E-state index is 12.9. The summed E-state index contributed by atoms with van der Waals surface area (Å²) in [5, 5.41) is 7.92. The average Bonchev–Trinajstić information content (AvgIpc) is 3.23. The number of amides is 1. The highest BCUT2D eigenvalue weighted by Gasteiger charge is 2.16. The highest BCUT2D eigenvalue weighted by atomic mass is 35.5. The summed E-state index contributed by atoms with van der Waals surface area (Å²) in [5.74, 6) is -0.266. The second kappa shape index (κ2) is 8.61. The molecule has 5 rings (SSSR count). The van der Waals surface area contributed by atoms with E-state index in [0.717, 1.165) is 43.0 Å². The van der Waals surface area contributed by atoms with Crippen molar-refractivity contribution < 1.29 is 4.79 Å². The number of piperazine rings is 1. The van der Waals surface area contributed by atoms with Crippen molar-refractivity contribution >= 4 is 34.5 Å². The summed E-state index contributed by atoms with van der Waals surface area (Å²) in [6.07, 6.45) is 3.47. The second-order valence-corrected chi connectivity index (χ2v) is 8.38. The summed E-state index contributed by atoms with van der Waals surface area (Å²) >= 11 is 6.14. The Kier molecular flexibility index (Phi) is 5.51. The maximum Gasteiger partial charge on any atom is 0.274 e. The van der Waals surface area contributed by atoms with Crippen LogP contribution in [-0.2, 0) is 0 Å². The van der Waals surface area contributed by atoms with Crippen LogP contribution in [0.15, 0.2) is 67.0 Å². The fraction of sp³-hybridized carbons (Fsp3) is 0.208. The van der Waals surface area contributed by atoms with E-state index in [2.05, 4.69) is 32.2 Å². The molecule has 32 heavy (non-hydrogen) atoms. The van der Waals surface area contributed by atoms with Crippen molar-refractivity contribution in [3.8, 4) is 11.1 Å². The molecule has 1 aliphatic heterocycles. The Morgan fingerprint density at radius 3 is 2.56 bits per heavy atom. The van der Waals surface area contributed by atoms with Gasteiger partial charge in [0.15, 0.2) is 5.65 Å². The van der Waals surface area contributed by atoms with E-state index in [0.29, 0.717) is 16.4 Å². The normalized spacial score (nSPS) is 14.6. The molecule has 162 valence electrons. The molecule has 3 heterocycles. The van der Waals surface area contributed by atoms with E-state index in [4.69, 9.17) is 11.6 Å². The SMILES string of the molecule is CN1CCN(c2ccc(NC(=O)c3ccn4ncc(-c5cccc(Cl)c5)c4n3)cc2)CC1. The van der Waals surface area contributed by atoms with E-state index in [-0.39, 0.29) is 5.91 Å². The van der Waals surface area contributed by atoms with E-state index in [1.807, 2.05) is 48.5 Å². The molecule has 0 atom stereocenters. The molecule has 0 spiro atoms. The van der Waals surface area contributed by atoms with Gasteiger partial charge in [0.25, 0.3) is 5.91 Å². The smallest absolute Gasteiger partial charge is 0.274 e. The van der Waals surface area contributed by atoms with Crippen LogP contribution >= 0.6 is 11.6 Å². The number of aromatic nitrogens is 3. The Hall–Kier alpha value is -3.42. The van der Waals surface area contributed by atoms with Crippen LogP contribution in [0.2, 0.25) is 5.02 Å². The second-order valence-electron chi connectivity index (χ2n) is 7.94. The summed E-state index contributed by atoms with van der Waals surface area (Å²) in [4.78, 5) is 22.1. The number of anilines is 2. The fourth-order valence-electron chi connectivity index (χ4n) is 3.87. The third-order valence-electron chi connectivity index (χ3n) is 5.73. The van der Waals surface area contributed by atoms with Crippen molar-refractivity contribution in [1.29, 1.82) is 0 Å². The summed E-state index contributed by atoms with van der Waals surface area (Å²) < 4.78 is 1.65. The number of halogens is 1. The Bertz CT molecular complexity index is 1260. The zero-order valence-corrected chi connectivity index (χ0v) is 18.5. The highest BCUT2D eigenvalue weighted by Crippen LogP contribution is 2.26. The monoisotopic (exact) mass is 446 g/mol. The Morgan fingerprint density at radius 1 is 1.03 bits per heavy atom. The summed E-state index contributed by atoms with van der Waals surface area (Å²) in [5.41, 5.74) is 4.55. The van der Waals surface area contributed by atoms with Gasteiger partial charge in [-0.25, -0.2) is 9.50 Å². The van der Waals surface area contributed by atoms with Crippen molar-refractivity contribution in [3.63, 3.8) is 0 Å². The molecular weight excluding hydrogens is 424 g/mol. The van der Waals surface area contributed by atoms with E-state index >= 15 is 0 Å². The average molecular weight is 447 g/mol. The predicted octanol–water partition coefficient (Wildman–Crippen LogP) is 4.05. The van der Waals surface area contributed by atoms with Crippen molar-refractivity contribution in [2.24, 2.45) is 0 Å². The molecule has 0 saturated carbocycles. The van der Waals surface area contributed by atoms with Crippen LogP contribution < -0.4 is 10.2 Å². The van der Waals surface area contributed by atoms with Gasteiger partial charge in [-0.05, 0) is 55.1 Å². The van der Waals surface area contributed by atoms with E-state index < -0.39 is 0 Å². The third-order valence-corrected chi connectivity index (χ3v) is 5.97. The van der Waals surface area contributed by atoms with E-state index in [9.17, 15) is 4.79 Å². The van der Waals surface area contributed by atoms with Crippen LogP contribution in [0.1, 0.15) is 10.5 Å². The van der Waals surface area contributed by atoms with Crippen molar-refractivity contribution in [1.82, 2.24) is 19.5 Å². The zero-order valence-electron chi connectivity index (χ0n) is 17.7. The minimum Gasteiger partial charge on any atom is -0.369 e. The van der Waals surface area contributed by atoms with Gasteiger partial charge in [0.2, 0.25) is 0 Å². The lowest BCUT2D eigenvalue weighted by Gasteiger charge is -2.34. The number of hydrogen-bond acceptors (Lipinski definition) is 5. The van der Waals surface area contributed by atoms with Crippen LogP contribution in [0, 0.1) is 0 Å². The number of carbonyl (C=O) groups excluding carboxylic acids is 1. The first-order valence-corrected chi connectivity index (χ1v) is 10.9. The fourth-order valence-corrected chi connectivity index (χ4v) is 4.06. The van der Waals surface area contributed by atoms with E-state index in [1.165, 1.54) is 5.69 Å². The lowest BCUT2D eigenvalue weighted by Crippen LogP contribution is -2.44. The topological polar surface area (TPSA) is 65.8 Å². The van der Waals surface area contributed by atoms with Gasteiger partial charge in [-0.3, -0.25) is 4.79 Å². The first kappa shape index (κ1) is 20.5. The Morgan fingerprint density at radius 2 is 1.81 bits per heavy atom. The van der Waals surface area contributed by atoms with Gasteiger partial charge >= 0.3 is 0 Å². The summed E-state index contributed by atoms with van der Waals surface area (Å²) in [7, 11) is 2.14. The summed E-state index contributed by atoms with van der Waals surface area (Å²) in [6, 6.07) is 17.1. The van der Waals surface area contributed by atoms with Crippen molar-refractivity contribution in [2.75, 3.05) is 43.4 Å². The molecule has 4 aromatic rings. The highest BCUT2D eigenvalue weighted by molar-refractivity contribution is 6.30. The van der Waals surface area contributed by atoms with Crippen molar-refractivity contribution in [3.05, 3.63) is 77.7 Å². The van der Waals surface area contributed by atoms with Gasteiger partial charge in [0.1, 0.15) is 5.69 Å². The lowest BCUT2D eigenvalue weighted by molar-refractivity contribution is 0.102. The Labute approximate surface area is 191 Å².